The van der Waals surface area contributed by atoms with Crippen LogP contribution in [-0.2, 0) is 4.79 Å². The van der Waals surface area contributed by atoms with Gasteiger partial charge in [0, 0.05) is 32.2 Å². The van der Waals surface area contributed by atoms with Crippen molar-refractivity contribution in [3.8, 4) is 0 Å². The van der Waals surface area contributed by atoms with E-state index in [0.29, 0.717) is 47.7 Å². The first-order chi connectivity index (χ1) is 12.1. The molecular formula is C16H15Cl2N5O2. The summed E-state index contributed by atoms with van der Waals surface area (Å²) < 4.78 is 0. The summed E-state index contributed by atoms with van der Waals surface area (Å²) in [5.74, 6) is 0.209. The Morgan fingerprint density at radius 3 is 2.44 bits per heavy atom. The lowest BCUT2D eigenvalue weighted by Crippen LogP contribution is -2.46. The van der Waals surface area contributed by atoms with E-state index in [4.69, 9.17) is 23.2 Å². The highest BCUT2D eigenvalue weighted by atomic mass is 35.5. The van der Waals surface area contributed by atoms with Gasteiger partial charge in [-0.15, -0.1) is 0 Å². The first kappa shape index (κ1) is 17.4. The summed E-state index contributed by atoms with van der Waals surface area (Å²) in [6.07, 6.45) is 2.17. The predicted octanol–water partition coefficient (Wildman–Crippen LogP) is 2.31. The molecule has 1 N–H and O–H groups in total. The zero-order chi connectivity index (χ0) is 17.8. The number of para-hydroxylation sites is 1. The van der Waals surface area contributed by atoms with Gasteiger partial charge in [-0.05, 0) is 12.1 Å². The van der Waals surface area contributed by atoms with Gasteiger partial charge >= 0.3 is 0 Å². The quantitative estimate of drug-likeness (QED) is 0.824. The standard InChI is InChI=1S/C16H15Cl2N5O2/c17-11-2-1-3-12(18)15(11)21-16(25)13-8-14(20-9-19-13)23-6-4-22(10-24)5-7-23/h1-3,8-10H,4-7H2,(H,21,25). The lowest BCUT2D eigenvalue weighted by Gasteiger charge is -2.33. The van der Waals surface area contributed by atoms with Crippen molar-refractivity contribution in [2.45, 2.75) is 0 Å². The van der Waals surface area contributed by atoms with Gasteiger partial charge in [0.1, 0.15) is 17.8 Å². The molecule has 130 valence electrons. The maximum Gasteiger partial charge on any atom is 0.274 e. The van der Waals surface area contributed by atoms with Crippen molar-refractivity contribution in [1.82, 2.24) is 14.9 Å². The minimum absolute atomic E-state index is 0.207. The van der Waals surface area contributed by atoms with E-state index < -0.39 is 5.91 Å². The van der Waals surface area contributed by atoms with E-state index >= 15 is 0 Å². The van der Waals surface area contributed by atoms with Crippen molar-refractivity contribution < 1.29 is 9.59 Å². The highest BCUT2D eigenvalue weighted by molar-refractivity contribution is 6.40. The summed E-state index contributed by atoms with van der Waals surface area (Å²) >= 11 is 12.1. The van der Waals surface area contributed by atoms with E-state index in [0.717, 1.165) is 6.41 Å². The van der Waals surface area contributed by atoms with Gasteiger partial charge in [0.25, 0.3) is 5.91 Å². The molecule has 0 aliphatic carbocycles. The summed E-state index contributed by atoms with van der Waals surface area (Å²) in [6.45, 7) is 2.52. The Hall–Kier alpha value is -2.38. The van der Waals surface area contributed by atoms with E-state index in [2.05, 4.69) is 15.3 Å². The fraction of sp³-hybridized carbons (Fsp3) is 0.250. The maximum atomic E-state index is 12.5. The molecule has 25 heavy (non-hydrogen) atoms. The van der Waals surface area contributed by atoms with Crippen LogP contribution in [0.25, 0.3) is 0 Å². The van der Waals surface area contributed by atoms with Crippen molar-refractivity contribution in [2.75, 3.05) is 36.4 Å². The molecule has 1 aromatic carbocycles. The highest BCUT2D eigenvalue weighted by Crippen LogP contribution is 2.30. The number of anilines is 2. The number of aromatic nitrogens is 2. The maximum absolute atomic E-state index is 12.5. The highest BCUT2D eigenvalue weighted by Gasteiger charge is 2.19. The first-order valence-corrected chi connectivity index (χ1v) is 8.36. The number of carbonyl (C=O) groups is 2. The van der Waals surface area contributed by atoms with Crippen LogP contribution >= 0.6 is 23.2 Å². The number of amides is 2. The molecule has 1 aromatic heterocycles. The Kier molecular flexibility index (Phi) is 5.35. The monoisotopic (exact) mass is 379 g/mol. The molecule has 0 radical (unpaired) electrons. The molecule has 0 spiro atoms. The van der Waals surface area contributed by atoms with Crippen LogP contribution in [0.4, 0.5) is 11.5 Å². The van der Waals surface area contributed by atoms with E-state index in [-0.39, 0.29) is 5.69 Å². The molecule has 7 nitrogen and oxygen atoms in total. The van der Waals surface area contributed by atoms with Gasteiger partial charge in [0.2, 0.25) is 6.41 Å². The lowest BCUT2D eigenvalue weighted by molar-refractivity contribution is -0.118. The molecule has 0 unspecified atom stereocenters. The van der Waals surface area contributed by atoms with Crippen molar-refractivity contribution in [3.05, 3.63) is 46.3 Å². The van der Waals surface area contributed by atoms with E-state index in [1.807, 2.05) is 4.90 Å². The predicted molar refractivity (Wildman–Crippen MR) is 96.3 cm³/mol. The first-order valence-electron chi connectivity index (χ1n) is 7.60. The molecule has 1 aliphatic rings. The van der Waals surface area contributed by atoms with Crippen molar-refractivity contribution >= 4 is 47.0 Å². The SMILES string of the molecule is O=CN1CCN(c2cc(C(=O)Nc3c(Cl)cccc3Cl)ncn2)CC1. The molecule has 1 fully saturated rings. The molecule has 0 atom stereocenters. The fourth-order valence-electron chi connectivity index (χ4n) is 2.50. The Morgan fingerprint density at radius 2 is 1.80 bits per heavy atom. The molecule has 0 saturated carbocycles. The van der Waals surface area contributed by atoms with Crippen LogP contribution in [0.1, 0.15) is 10.5 Å². The van der Waals surface area contributed by atoms with E-state index in [9.17, 15) is 9.59 Å². The molecule has 1 saturated heterocycles. The molecule has 3 rings (SSSR count). The van der Waals surface area contributed by atoms with Crippen LogP contribution in [0.15, 0.2) is 30.6 Å². The molecule has 2 aromatic rings. The van der Waals surface area contributed by atoms with Crippen LogP contribution < -0.4 is 10.2 Å². The number of halogens is 2. The third-order valence-electron chi connectivity index (χ3n) is 3.87. The third kappa shape index (κ3) is 4.00. The summed E-state index contributed by atoms with van der Waals surface area (Å²) in [4.78, 5) is 35.2. The average molecular weight is 380 g/mol. The Labute approximate surface area is 154 Å². The van der Waals surface area contributed by atoms with Crippen molar-refractivity contribution in [3.63, 3.8) is 0 Å². The van der Waals surface area contributed by atoms with Crippen LogP contribution in [0.3, 0.4) is 0 Å². The molecule has 2 heterocycles. The fourth-order valence-corrected chi connectivity index (χ4v) is 2.99. The molecule has 9 heteroatoms. The molecular weight excluding hydrogens is 365 g/mol. The number of hydrogen-bond donors (Lipinski definition) is 1. The number of piperazine rings is 1. The Balaban J connectivity index is 1.75. The second-order valence-electron chi connectivity index (χ2n) is 5.44. The lowest BCUT2D eigenvalue weighted by atomic mass is 10.2. The second kappa shape index (κ2) is 7.67. The number of carbonyl (C=O) groups excluding carboxylic acids is 2. The smallest absolute Gasteiger partial charge is 0.274 e. The van der Waals surface area contributed by atoms with Crippen LogP contribution in [0.5, 0.6) is 0 Å². The van der Waals surface area contributed by atoms with Gasteiger partial charge in [-0.2, -0.15) is 0 Å². The summed E-state index contributed by atoms with van der Waals surface area (Å²) in [7, 11) is 0. The minimum atomic E-state index is -0.426. The number of benzene rings is 1. The number of nitrogens with zero attached hydrogens (tertiary/aromatic N) is 4. The van der Waals surface area contributed by atoms with Crippen LogP contribution in [0.2, 0.25) is 10.0 Å². The van der Waals surface area contributed by atoms with Crippen LogP contribution in [-0.4, -0.2) is 53.4 Å². The summed E-state index contributed by atoms with van der Waals surface area (Å²) in [5, 5.41) is 3.37. The molecule has 0 bridgehead atoms. The number of nitrogens with one attached hydrogen (secondary N) is 1. The largest absolute Gasteiger partial charge is 0.353 e. The van der Waals surface area contributed by atoms with Gasteiger partial charge in [-0.1, -0.05) is 29.3 Å². The number of rotatable bonds is 4. The Morgan fingerprint density at radius 1 is 1.12 bits per heavy atom. The van der Waals surface area contributed by atoms with Gasteiger partial charge in [-0.25, -0.2) is 9.97 Å². The number of hydrogen-bond acceptors (Lipinski definition) is 5. The van der Waals surface area contributed by atoms with Crippen molar-refractivity contribution in [2.24, 2.45) is 0 Å². The molecule has 2 amide bonds. The Bertz CT molecular complexity index is 774. The topological polar surface area (TPSA) is 78.4 Å². The third-order valence-corrected chi connectivity index (χ3v) is 4.50. The van der Waals surface area contributed by atoms with Gasteiger partial charge < -0.3 is 15.1 Å². The second-order valence-corrected chi connectivity index (χ2v) is 6.26. The zero-order valence-corrected chi connectivity index (χ0v) is 14.7. The average Bonchev–Trinajstić information content (AvgIpc) is 2.65. The van der Waals surface area contributed by atoms with Crippen LogP contribution in [0, 0.1) is 0 Å². The molecule has 1 aliphatic heterocycles. The minimum Gasteiger partial charge on any atom is -0.353 e. The van der Waals surface area contributed by atoms with E-state index in [1.165, 1.54) is 6.33 Å². The van der Waals surface area contributed by atoms with Gasteiger partial charge in [0.15, 0.2) is 0 Å². The van der Waals surface area contributed by atoms with E-state index in [1.54, 1.807) is 29.2 Å². The normalized spacial score (nSPS) is 14.3. The summed E-state index contributed by atoms with van der Waals surface area (Å²) in [6, 6.07) is 6.58. The van der Waals surface area contributed by atoms with Gasteiger partial charge in [-0.3, -0.25) is 9.59 Å². The zero-order valence-electron chi connectivity index (χ0n) is 13.2. The van der Waals surface area contributed by atoms with Crippen molar-refractivity contribution in [1.29, 1.82) is 0 Å². The summed E-state index contributed by atoms with van der Waals surface area (Å²) in [5.41, 5.74) is 0.550. The van der Waals surface area contributed by atoms with Gasteiger partial charge in [0.05, 0.1) is 15.7 Å².